The number of benzene rings is 2. The number of rotatable bonds is 4. The van der Waals surface area contributed by atoms with Gasteiger partial charge >= 0.3 is 0 Å². The molecule has 3 N–H and O–H groups in total. The van der Waals surface area contributed by atoms with Gasteiger partial charge in [-0.1, -0.05) is 18.2 Å². The fraction of sp³-hybridized carbons (Fsp3) is 0.200. The summed E-state index contributed by atoms with van der Waals surface area (Å²) in [6.07, 6.45) is 0. The molecule has 2 rings (SSSR count). The molecule has 0 aliphatic carbocycles. The number of anilines is 1. The van der Waals surface area contributed by atoms with Gasteiger partial charge in [0.1, 0.15) is 5.82 Å². The molecule has 4 nitrogen and oxygen atoms in total. The average Bonchev–Trinajstić information content (AvgIpc) is 2.40. The van der Waals surface area contributed by atoms with E-state index in [4.69, 9.17) is 5.14 Å². The van der Waals surface area contributed by atoms with Crippen LogP contribution in [0, 0.1) is 19.7 Å². The molecule has 0 heterocycles. The third-order valence-electron chi connectivity index (χ3n) is 3.40. The Bertz CT molecular complexity index is 773. The standard InChI is InChI=1S/C15H17FN2O2S/c1-10-7-13(21(17,19)20)8-15(11(10)2)18-9-12-5-3-4-6-14(12)16/h3-8,18H,9H2,1-2H3,(H2,17,19,20). The van der Waals surface area contributed by atoms with Crippen LogP contribution < -0.4 is 10.5 Å². The number of aryl methyl sites for hydroxylation is 1. The summed E-state index contributed by atoms with van der Waals surface area (Å²) in [5.41, 5.74) is 2.84. The van der Waals surface area contributed by atoms with E-state index in [0.717, 1.165) is 11.1 Å². The van der Waals surface area contributed by atoms with Crippen molar-refractivity contribution in [1.82, 2.24) is 0 Å². The largest absolute Gasteiger partial charge is 0.381 e. The van der Waals surface area contributed by atoms with Gasteiger partial charge in [-0.15, -0.1) is 0 Å². The van der Waals surface area contributed by atoms with E-state index in [9.17, 15) is 12.8 Å². The van der Waals surface area contributed by atoms with Crippen LogP contribution in [0.15, 0.2) is 41.3 Å². The van der Waals surface area contributed by atoms with Crippen molar-refractivity contribution in [1.29, 1.82) is 0 Å². The van der Waals surface area contributed by atoms with Gasteiger partial charge in [-0.3, -0.25) is 0 Å². The van der Waals surface area contributed by atoms with Crippen LogP contribution in [-0.4, -0.2) is 8.42 Å². The number of nitrogens with one attached hydrogen (secondary N) is 1. The quantitative estimate of drug-likeness (QED) is 0.912. The highest BCUT2D eigenvalue weighted by Gasteiger charge is 2.12. The molecule has 0 aliphatic rings. The molecule has 112 valence electrons. The smallest absolute Gasteiger partial charge is 0.238 e. The van der Waals surface area contributed by atoms with Gasteiger partial charge in [-0.2, -0.15) is 0 Å². The molecule has 0 unspecified atom stereocenters. The van der Waals surface area contributed by atoms with Crippen LogP contribution >= 0.6 is 0 Å². The molecule has 0 radical (unpaired) electrons. The highest BCUT2D eigenvalue weighted by molar-refractivity contribution is 7.89. The fourth-order valence-corrected chi connectivity index (χ4v) is 2.63. The first-order valence-electron chi connectivity index (χ1n) is 6.40. The predicted octanol–water partition coefficient (Wildman–Crippen LogP) is 2.70. The number of nitrogens with two attached hydrogens (primary N) is 1. The third-order valence-corrected chi connectivity index (χ3v) is 4.29. The molecule has 0 fully saturated rings. The topological polar surface area (TPSA) is 72.2 Å². The first-order chi connectivity index (χ1) is 9.79. The van der Waals surface area contributed by atoms with E-state index in [1.54, 1.807) is 25.1 Å². The summed E-state index contributed by atoms with van der Waals surface area (Å²) in [5.74, 6) is -0.304. The van der Waals surface area contributed by atoms with E-state index >= 15 is 0 Å². The predicted molar refractivity (Wildman–Crippen MR) is 81.0 cm³/mol. The molecule has 0 atom stereocenters. The van der Waals surface area contributed by atoms with Crippen LogP contribution in [-0.2, 0) is 16.6 Å². The molecule has 0 saturated heterocycles. The Labute approximate surface area is 123 Å². The average molecular weight is 308 g/mol. The maximum Gasteiger partial charge on any atom is 0.238 e. The van der Waals surface area contributed by atoms with Crippen LogP contribution in [0.3, 0.4) is 0 Å². The molecule has 6 heteroatoms. The lowest BCUT2D eigenvalue weighted by atomic mass is 10.1. The van der Waals surface area contributed by atoms with E-state index < -0.39 is 10.0 Å². The maximum absolute atomic E-state index is 13.6. The van der Waals surface area contributed by atoms with Crippen LogP contribution in [0.4, 0.5) is 10.1 Å². The normalized spacial score (nSPS) is 11.4. The summed E-state index contributed by atoms with van der Waals surface area (Å²) in [4.78, 5) is 0.0432. The number of hydrogen-bond acceptors (Lipinski definition) is 3. The Balaban J connectivity index is 2.32. The Kier molecular flexibility index (Phi) is 4.29. The van der Waals surface area contributed by atoms with Crippen molar-refractivity contribution in [3.63, 3.8) is 0 Å². The fourth-order valence-electron chi connectivity index (χ4n) is 2.01. The van der Waals surface area contributed by atoms with Crippen LogP contribution in [0.2, 0.25) is 0 Å². The van der Waals surface area contributed by atoms with Crippen molar-refractivity contribution in [2.24, 2.45) is 5.14 Å². The molecule has 0 aromatic heterocycles. The summed E-state index contributed by atoms with van der Waals surface area (Å²) in [6.45, 7) is 3.94. The van der Waals surface area contributed by atoms with Crippen molar-refractivity contribution in [2.75, 3.05) is 5.32 Å². The van der Waals surface area contributed by atoms with Gasteiger partial charge in [0, 0.05) is 17.8 Å². The van der Waals surface area contributed by atoms with E-state index in [2.05, 4.69) is 5.32 Å². The maximum atomic E-state index is 13.6. The zero-order valence-electron chi connectivity index (χ0n) is 11.9. The molecule has 2 aromatic rings. The van der Waals surface area contributed by atoms with Gasteiger partial charge in [0.2, 0.25) is 10.0 Å². The second kappa shape index (κ2) is 5.83. The van der Waals surface area contributed by atoms with Crippen molar-refractivity contribution in [2.45, 2.75) is 25.3 Å². The first kappa shape index (κ1) is 15.5. The summed E-state index contributed by atoms with van der Waals surface area (Å²) in [6, 6.07) is 9.43. The van der Waals surface area contributed by atoms with Gasteiger partial charge in [0.15, 0.2) is 0 Å². The second-order valence-corrected chi connectivity index (χ2v) is 6.46. The summed E-state index contributed by atoms with van der Waals surface area (Å²) in [5, 5.41) is 8.22. The first-order valence-corrected chi connectivity index (χ1v) is 7.95. The molecule has 0 amide bonds. The minimum absolute atomic E-state index is 0.0432. The van der Waals surface area contributed by atoms with E-state index in [-0.39, 0.29) is 17.3 Å². The van der Waals surface area contributed by atoms with Crippen molar-refractivity contribution in [3.8, 4) is 0 Å². The Hall–Kier alpha value is -1.92. The van der Waals surface area contributed by atoms with Crippen LogP contribution in [0.25, 0.3) is 0 Å². The minimum atomic E-state index is -3.77. The van der Waals surface area contributed by atoms with Crippen molar-refractivity contribution in [3.05, 3.63) is 58.9 Å². The van der Waals surface area contributed by atoms with Crippen molar-refractivity contribution < 1.29 is 12.8 Å². The van der Waals surface area contributed by atoms with Gasteiger partial charge < -0.3 is 5.32 Å². The lowest BCUT2D eigenvalue weighted by molar-refractivity contribution is 0.597. The summed E-state index contributed by atoms with van der Waals surface area (Å²) >= 11 is 0. The minimum Gasteiger partial charge on any atom is -0.381 e. The molecule has 2 aromatic carbocycles. The SMILES string of the molecule is Cc1cc(S(N)(=O)=O)cc(NCc2ccccc2F)c1C. The zero-order valence-corrected chi connectivity index (χ0v) is 12.7. The van der Waals surface area contributed by atoms with Gasteiger partial charge in [-0.25, -0.2) is 17.9 Å². The molecule has 0 aliphatic heterocycles. The van der Waals surface area contributed by atoms with Gasteiger partial charge in [0.25, 0.3) is 0 Å². The highest BCUT2D eigenvalue weighted by Crippen LogP contribution is 2.24. The highest BCUT2D eigenvalue weighted by atomic mass is 32.2. The number of primary sulfonamides is 1. The Morgan fingerprint density at radius 2 is 1.86 bits per heavy atom. The monoisotopic (exact) mass is 308 g/mol. The van der Waals surface area contributed by atoms with E-state index in [1.807, 2.05) is 6.92 Å². The van der Waals surface area contributed by atoms with Crippen LogP contribution in [0.5, 0.6) is 0 Å². The second-order valence-electron chi connectivity index (χ2n) is 4.90. The molecule has 0 spiro atoms. The molecule has 0 saturated carbocycles. The number of halogens is 1. The van der Waals surface area contributed by atoms with E-state index in [0.29, 0.717) is 11.3 Å². The van der Waals surface area contributed by atoms with Gasteiger partial charge in [0.05, 0.1) is 4.90 Å². The number of sulfonamides is 1. The molecule has 21 heavy (non-hydrogen) atoms. The lowest BCUT2D eigenvalue weighted by Gasteiger charge is -2.14. The summed E-state index contributed by atoms with van der Waals surface area (Å²) in [7, 11) is -3.77. The van der Waals surface area contributed by atoms with Crippen molar-refractivity contribution >= 4 is 15.7 Å². The lowest BCUT2D eigenvalue weighted by Crippen LogP contribution is -2.13. The number of hydrogen-bond donors (Lipinski definition) is 2. The summed E-state index contributed by atoms with van der Waals surface area (Å²) < 4.78 is 36.5. The van der Waals surface area contributed by atoms with Crippen LogP contribution in [0.1, 0.15) is 16.7 Å². The zero-order chi connectivity index (χ0) is 15.6. The molecule has 0 bridgehead atoms. The van der Waals surface area contributed by atoms with Gasteiger partial charge in [-0.05, 0) is 43.2 Å². The molecular weight excluding hydrogens is 291 g/mol. The Morgan fingerprint density at radius 3 is 2.48 bits per heavy atom. The van der Waals surface area contributed by atoms with E-state index in [1.165, 1.54) is 18.2 Å². The Morgan fingerprint density at radius 1 is 1.19 bits per heavy atom. The molecular formula is C15H17FN2O2S. The third kappa shape index (κ3) is 3.59.